The number of nitrogens with one attached hydrogen (secondary N) is 1. The Morgan fingerprint density at radius 3 is 3.00 bits per heavy atom. The van der Waals surface area contributed by atoms with Crippen molar-refractivity contribution in [3.05, 3.63) is 33.1 Å². The molecule has 1 fully saturated rings. The fourth-order valence-corrected chi connectivity index (χ4v) is 2.70. The maximum atomic E-state index is 12.2. The van der Waals surface area contributed by atoms with E-state index in [1.807, 2.05) is 0 Å². The summed E-state index contributed by atoms with van der Waals surface area (Å²) in [6.45, 7) is -0.00978. The number of amides is 1. The minimum atomic E-state index is -0.720. The quantitative estimate of drug-likeness (QED) is 0.498. The molecule has 1 amide bonds. The average molecular weight is 300 g/mol. The molecule has 0 aliphatic heterocycles. The number of aromatic nitrogens is 1. The van der Waals surface area contributed by atoms with Gasteiger partial charge in [0.25, 0.3) is 5.91 Å². The standard InChI is InChI=1S/C12H14ClN3O4/c13-11-10(16(19)20)8(4-5-14-11)12(18)15-9-3-1-2-7(9)6-17/h4-5,7,9,17H,1-3,6H2,(H,15,18). The van der Waals surface area contributed by atoms with Crippen LogP contribution in [0.4, 0.5) is 5.69 Å². The smallest absolute Gasteiger partial charge is 0.319 e. The van der Waals surface area contributed by atoms with Crippen LogP contribution < -0.4 is 5.32 Å². The summed E-state index contributed by atoms with van der Waals surface area (Å²) >= 11 is 5.67. The summed E-state index contributed by atoms with van der Waals surface area (Å²) < 4.78 is 0. The highest BCUT2D eigenvalue weighted by Gasteiger charge is 2.31. The molecule has 8 heteroatoms. The largest absolute Gasteiger partial charge is 0.396 e. The minimum Gasteiger partial charge on any atom is -0.396 e. The van der Waals surface area contributed by atoms with Crippen molar-refractivity contribution >= 4 is 23.2 Å². The second-order valence-electron chi connectivity index (χ2n) is 4.71. The van der Waals surface area contributed by atoms with E-state index in [0.717, 1.165) is 19.3 Å². The molecule has 2 rings (SSSR count). The maximum Gasteiger partial charge on any atom is 0.319 e. The van der Waals surface area contributed by atoms with Gasteiger partial charge in [-0.1, -0.05) is 18.0 Å². The molecule has 1 aliphatic carbocycles. The Morgan fingerprint density at radius 2 is 2.35 bits per heavy atom. The lowest BCUT2D eigenvalue weighted by molar-refractivity contribution is -0.385. The molecule has 2 N–H and O–H groups in total. The molecule has 1 aromatic heterocycles. The van der Waals surface area contributed by atoms with Gasteiger partial charge in [-0.05, 0) is 18.9 Å². The number of aliphatic hydroxyl groups is 1. The molecule has 0 radical (unpaired) electrons. The number of aliphatic hydroxyl groups excluding tert-OH is 1. The van der Waals surface area contributed by atoms with Gasteiger partial charge in [-0.25, -0.2) is 4.98 Å². The number of nitrogens with zero attached hydrogens (tertiary/aromatic N) is 2. The second kappa shape index (κ2) is 6.15. The Balaban J connectivity index is 2.21. The molecule has 1 heterocycles. The fourth-order valence-electron chi connectivity index (χ4n) is 2.48. The SMILES string of the molecule is O=C(NC1CCCC1CO)c1ccnc(Cl)c1[N+](=O)[O-]. The van der Waals surface area contributed by atoms with Crippen LogP contribution in [0.3, 0.4) is 0 Å². The van der Waals surface area contributed by atoms with Gasteiger partial charge >= 0.3 is 5.69 Å². The number of hydrogen-bond acceptors (Lipinski definition) is 5. The highest BCUT2D eigenvalue weighted by atomic mass is 35.5. The summed E-state index contributed by atoms with van der Waals surface area (Å²) in [4.78, 5) is 26.0. The van der Waals surface area contributed by atoms with Gasteiger partial charge < -0.3 is 10.4 Å². The lowest BCUT2D eigenvalue weighted by Gasteiger charge is -2.18. The Hall–Kier alpha value is -1.73. The van der Waals surface area contributed by atoms with Crippen LogP contribution >= 0.6 is 11.6 Å². The molecule has 0 spiro atoms. The molecular formula is C12H14ClN3O4. The summed E-state index contributed by atoms with van der Waals surface area (Å²) in [6, 6.07) is 1.10. The number of pyridine rings is 1. The molecule has 108 valence electrons. The van der Waals surface area contributed by atoms with E-state index in [9.17, 15) is 20.0 Å². The van der Waals surface area contributed by atoms with Crippen LogP contribution in [0.25, 0.3) is 0 Å². The summed E-state index contributed by atoms with van der Waals surface area (Å²) in [5.74, 6) is -0.568. The first-order chi connectivity index (χ1) is 9.54. The lowest BCUT2D eigenvalue weighted by atomic mass is 10.0. The zero-order valence-electron chi connectivity index (χ0n) is 10.6. The molecule has 1 aromatic rings. The predicted molar refractivity (Wildman–Crippen MR) is 71.6 cm³/mol. The number of carbonyl (C=O) groups excluding carboxylic acids is 1. The van der Waals surface area contributed by atoms with Gasteiger partial charge in [0.15, 0.2) is 0 Å². The van der Waals surface area contributed by atoms with Gasteiger partial charge in [-0.15, -0.1) is 0 Å². The van der Waals surface area contributed by atoms with E-state index in [1.54, 1.807) is 0 Å². The average Bonchev–Trinajstić information content (AvgIpc) is 2.85. The van der Waals surface area contributed by atoms with Crippen molar-refractivity contribution in [2.24, 2.45) is 5.92 Å². The van der Waals surface area contributed by atoms with Crippen LogP contribution in [0.15, 0.2) is 12.3 Å². The van der Waals surface area contributed by atoms with Gasteiger partial charge in [-0.3, -0.25) is 14.9 Å². The van der Waals surface area contributed by atoms with Gasteiger partial charge in [0, 0.05) is 24.8 Å². The first-order valence-electron chi connectivity index (χ1n) is 6.25. The van der Waals surface area contributed by atoms with Crippen molar-refractivity contribution in [3.8, 4) is 0 Å². The number of carbonyl (C=O) groups is 1. The van der Waals surface area contributed by atoms with Gasteiger partial charge in [0.2, 0.25) is 5.15 Å². The van der Waals surface area contributed by atoms with Crippen LogP contribution in [-0.4, -0.2) is 33.6 Å². The lowest BCUT2D eigenvalue weighted by Crippen LogP contribution is -2.38. The monoisotopic (exact) mass is 299 g/mol. The van der Waals surface area contributed by atoms with E-state index in [1.165, 1.54) is 12.3 Å². The zero-order valence-corrected chi connectivity index (χ0v) is 11.3. The van der Waals surface area contributed by atoms with Crippen LogP contribution in [0, 0.1) is 16.0 Å². The number of hydrogen-bond donors (Lipinski definition) is 2. The van der Waals surface area contributed by atoms with Crippen LogP contribution in [0.1, 0.15) is 29.6 Å². The first-order valence-corrected chi connectivity index (χ1v) is 6.63. The topological polar surface area (TPSA) is 105 Å². The van der Waals surface area contributed by atoms with Gasteiger partial charge in [0.05, 0.1) is 4.92 Å². The van der Waals surface area contributed by atoms with Crippen molar-refractivity contribution in [3.63, 3.8) is 0 Å². The summed E-state index contributed by atoms with van der Waals surface area (Å²) in [5, 5.41) is 22.6. The molecule has 0 aromatic carbocycles. The summed E-state index contributed by atoms with van der Waals surface area (Å²) in [6.07, 6.45) is 3.75. The zero-order chi connectivity index (χ0) is 14.7. The van der Waals surface area contributed by atoms with E-state index in [0.29, 0.717) is 0 Å². The third kappa shape index (κ3) is 2.88. The van der Waals surface area contributed by atoms with Gasteiger partial charge in [0.1, 0.15) is 5.56 Å². The minimum absolute atomic E-state index is 0.00434. The molecule has 20 heavy (non-hydrogen) atoms. The van der Waals surface area contributed by atoms with E-state index < -0.39 is 16.5 Å². The molecule has 0 saturated heterocycles. The molecule has 1 aliphatic rings. The molecule has 0 bridgehead atoms. The van der Waals surface area contributed by atoms with Crippen LogP contribution in [-0.2, 0) is 0 Å². The fraction of sp³-hybridized carbons (Fsp3) is 0.500. The molecule has 1 saturated carbocycles. The number of halogens is 1. The third-order valence-corrected chi connectivity index (χ3v) is 3.79. The van der Waals surface area contributed by atoms with Gasteiger partial charge in [-0.2, -0.15) is 0 Å². The molecule has 7 nitrogen and oxygen atoms in total. The Bertz CT molecular complexity index is 537. The highest BCUT2D eigenvalue weighted by molar-refractivity contribution is 6.32. The van der Waals surface area contributed by atoms with E-state index >= 15 is 0 Å². The first kappa shape index (κ1) is 14.7. The van der Waals surface area contributed by atoms with Crippen molar-refractivity contribution in [2.45, 2.75) is 25.3 Å². The third-order valence-electron chi connectivity index (χ3n) is 3.52. The Morgan fingerprint density at radius 1 is 1.60 bits per heavy atom. The Labute approximate surface area is 120 Å². The predicted octanol–water partition coefficient (Wildman–Crippen LogP) is 1.53. The normalized spacial score (nSPS) is 21.7. The van der Waals surface area contributed by atoms with Crippen molar-refractivity contribution in [2.75, 3.05) is 6.61 Å². The van der Waals surface area contributed by atoms with Crippen LogP contribution in [0.5, 0.6) is 0 Å². The van der Waals surface area contributed by atoms with E-state index in [4.69, 9.17) is 11.6 Å². The van der Waals surface area contributed by atoms with Crippen molar-refractivity contribution < 1.29 is 14.8 Å². The summed E-state index contributed by atoms with van der Waals surface area (Å²) in [7, 11) is 0. The van der Waals surface area contributed by atoms with Crippen molar-refractivity contribution in [1.82, 2.24) is 10.3 Å². The maximum absolute atomic E-state index is 12.2. The number of nitro groups is 1. The number of rotatable bonds is 4. The summed E-state index contributed by atoms with van der Waals surface area (Å²) in [5.41, 5.74) is -0.608. The van der Waals surface area contributed by atoms with E-state index in [2.05, 4.69) is 10.3 Å². The molecular weight excluding hydrogens is 286 g/mol. The molecule has 2 unspecified atom stereocenters. The van der Waals surface area contributed by atoms with Crippen molar-refractivity contribution in [1.29, 1.82) is 0 Å². The molecule has 2 atom stereocenters. The highest BCUT2D eigenvalue weighted by Crippen LogP contribution is 2.28. The second-order valence-corrected chi connectivity index (χ2v) is 5.07. The van der Waals surface area contributed by atoms with E-state index in [-0.39, 0.29) is 29.3 Å². The Kier molecular flexibility index (Phi) is 4.51. The van der Waals surface area contributed by atoms with Crippen LogP contribution in [0.2, 0.25) is 5.15 Å².